The van der Waals surface area contributed by atoms with E-state index in [0.717, 1.165) is 0 Å². The average Bonchev–Trinajstić information content (AvgIpc) is 2.55. The Morgan fingerprint density at radius 2 is 2.12 bits per heavy atom. The van der Waals surface area contributed by atoms with Crippen molar-refractivity contribution < 1.29 is 23.9 Å². The van der Waals surface area contributed by atoms with Crippen LogP contribution in [0.1, 0.15) is 6.42 Å². The summed E-state index contributed by atoms with van der Waals surface area (Å²) in [6, 6.07) is 3.72. The van der Waals surface area contributed by atoms with Gasteiger partial charge in [-0.05, 0) is 18.2 Å². The van der Waals surface area contributed by atoms with Crippen molar-refractivity contribution in [3.8, 4) is 5.75 Å². The van der Waals surface area contributed by atoms with Gasteiger partial charge in [-0.3, -0.25) is 14.4 Å². The lowest BCUT2D eigenvalue weighted by molar-refractivity contribution is -0.151. The van der Waals surface area contributed by atoms with Crippen LogP contribution in [0.2, 0.25) is 10.0 Å². The highest BCUT2D eigenvalue weighted by atomic mass is 35.5. The molecule has 7 nitrogen and oxygen atoms in total. The maximum absolute atomic E-state index is 12.4. The molecule has 1 atom stereocenters. The number of carbonyl (C=O) groups is 3. The molecule has 1 aliphatic rings. The van der Waals surface area contributed by atoms with Crippen molar-refractivity contribution in [2.45, 2.75) is 12.5 Å². The summed E-state index contributed by atoms with van der Waals surface area (Å²) in [5.41, 5.74) is 0. The van der Waals surface area contributed by atoms with Crippen LogP contribution >= 0.6 is 23.2 Å². The SMILES string of the molecule is COC(=O)CC1C(=O)NCCN1C(=O)COc1ccc(Cl)cc1Cl. The van der Waals surface area contributed by atoms with Gasteiger partial charge in [0, 0.05) is 18.1 Å². The van der Waals surface area contributed by atoms with Gasteiger partial charge in [0.2, 0.25) is 5.91 Å². The molecule has 1 N–H and O–H groups in total. The Labute approximate surface area is 148 Å². The van der Waals surface area contributed by atoms with Crippen LogP contribution < -0.4 is 10.1 Å². The number of hydrogen-bond donors (Lipinski definition) is 1. The fourth-order valence-electron chi connectivity index (χ4n) is 2.27. The molecule has 1 aliphatic heterocycles. The second-order valence-electron chi connectivity index (χ2n) is 5.04. The number of methoxy groups -OCH3 is 1. The number of esters is 1. The largest absolute Gasteiger partial charge is 0.482 e. The van der Waals surface area contributed by atoms with Gasteiger partial charge in [0.1, 0.15) is 11.8 Å². The Morgan fingerprint density at radius 3 is 2.79 bits per heavy atom. The molecule has 0 spiro atoms. The van der Waals surface area contributed by atoms with E-state index in [1.165, 1.54) is 18.1 Å². The Bertz CT molecular complexity index is 653. The Kier molecular flexibility index (Phi) is 6.28. The number of piperazine rings is 1. The molecule has 1 saturated heterocycles. The van der Waals surface area contributed by atoms with Gasteiger partial charge in [0.25, 0.3) is 5.91 Å². The third-order valence-corrected chi connectivity index (χ3v) is 4.01. The number of benzene rings is 1. The number of carbonyl (C=O) groups excluding carboxylic acids is 3. The number of nitrogens with one attached hydrogen (secondary N) is 1. The van der Waals surface area contributed by atoms with Gasteiger partial charge in [0.15, 0.2) is 6.61 Å². The number of hydrogen-bond acceptors (Lipinski definition) is 5. The van der Waals surface area contributed by atoms with Gasteiger partial charge < -0.3 is 19.7 Å². The number of nitrogens with zero attached hydrogens (tertiary/aromatic N) is 1. The molecule has 0 bridgehead atoms. The molecular formula is C15H16Cl2N2O5. The summed E-state index contributed by atoms with van der Waals surface area (Å²) < 4.78 is 9.96. The fourth-order valence-corrected chi connectivity index (χ4v) is 2.74. The van der Waals surface area contributed by atoms with Crippen molar-refractivity contribution in [2.24, 2.45) is 0 Å². The minimum absolute atomic E-state index is 0.213. The van der Waals surface area contributed by atoms with E-state index in [9.17, 15) is 14.4 Å². The zero-order valence-electron chi connectivity index (χ0n) is 12.9. The summed E-state index contributed by atoms with van der Waals surface area (Å²) in [4.78, 5) is 37.1. The quantitative estimate of drug-likeness (QED) is 0.784. The van der Waals surface area contributed by atoms with E-state index in [1.807, 2.05) is 0 Å². The second kappa shape index (κ2) is 8.21. The van der Waals surface area contributed by atoms with E-state index in [0.29, 0.717) is 17.3 Å². The third kappa shape index (κ3) is 4.52. The normalized spacial score (nSPS) is 17.2. The van der Waals surface area contributed by atoms with E-state index < -0.39 is 23.8 Å². The Morgan fingerprint density at radius 1 is 1.38 bits per heavy atom. The zero-order chi connectivity index (χ0) is 17.7. The molecule has 0 radical (unpaired) electrons. The van der Waals surface area contributed by atoms with E-state index in [2.05, 4.69) is 10.1 Å². The van der Waals surface area contributed by atoms with Crippen LogP contribution in [-0.4, -0.2) is 55.5 Å². The molecule has 24 heavy (non-hydrogen) atoms. The van der Waals surface area contributed by atoms with Gasteiger partial charge in [-0.2, -0.15) is 0 Å². The van der Waals surface area contributed by atoms with Crippen molar-refractivity contribution in [3.05, 3.63) is 28.2 Å². The number of halogens is 2. The third-order valence-electron chi connectivity index (χ3n) is 3.48. The molecule has 0 saturated carbocycles. The molecule has 0 aliphatic carbocycles. The number of ether oxygens (including phenoxy) is 2. The molecule has 130 valence electrons. The Balaban J connectivity index is 2.03. The summed E-state index contributed by atoms with van der Waals surface area (Å²) in [6.45, 7) is 0.278. The summed E-state index contributed by atoms with van der Waals surface area (Å²) in [5.74, 6) is -1.09. The highest BCUT2D eigenvalue weighted by Crippen LogP contribution is 2.27. The van der Waals surface area contributed by atoms with Gasteiger partial charge in [-0.25, -0.2) is 0 Å². The van der Waals surface area contributed by atoms with E-state index in [4.69, 9.17) is 27.9 Å². The summed E-state index contributed by atoms with van der Waals surface area (Å²) in [7, 11) is 1.22. The highest BCUT2D eigenvalue weighted by Gasteiger charge is 2.35. The van der Waals surface area contributed by atoms with Crippen LogP contribution in [-0.2, 0) is 19.1 Å². The topological polar surface area (TPSA) is 84.9 Å². The minimum atomic E-state index is -0.914. The standard InChI is InChI=1S/C15H16Cl2N2O5/c1-23-14(21)7-11-15(22)18-4-5-19(11)13(20)8-24-12-3-2-9(16)6-10(12)17/h2-3,6,11H,4-5,7-8H2,1H3,(H,18,22). The molecule has 1 fully saturated rings. The first-order valence-corrected chi connectivity index (χ1v) is 7.90. The zero-order valence-corrected chi connectivity index (χ0v) is 14.4. The van der Waals surface area contributed by atoms with E-state index >= 15 is 0 Å². The van der Waals surface area contributed by atoms with Crippen LogP contribution in [0.4, 0.5) is 0 Å². The summed E-state index contributed by atoms with van der Waals surface area (Å²) >= 11 is 11.8. The monoisotopic (exact) mass is 374 g/mol. The first-order valence-electron chi connectivity index (χ1n) is 7.14. The smallest absolute Gasteiger partial charge is 0.308 e. The van der Waals surface area contributed by atoms with Crippen molar-refractivity contribution in [2.75, 3.05) is 26.8 Å². The molecule has 1 heterocycles. The minimum Gasteiger partial charge on any atom is -0.482 e. The molecule has 2 rings (SSSR count). The van der Waals surface area contributed by atoms with Gasteiger partial charge in [0.05, 0.1) is 18.6 Å². The summed E-state index contributed by atoms with van der Waals surface area (Å²) in [5, 5.41) is 3.34. The molecular weight excluding hydrogens is 359 g/mol. The maximum Gasteiger partial charge on any atom is 0.308 e. The summed E-state index contributed by atoms with van der Waals surface area (Å²) in [6.07, 6.45) is -0.213. The van der Waals surface area contributed by atoms with Crippen LogP contribution in [0.5, 0.6) is 5.75 Å². The van der Waals surface area contributed by atoms with Crippen molar-refractivity contribution >= 4 is 41.0 Å². The molecule has 1 aromatic rings. The highest BCUT2D eigenvalue weighted by molar-refractivity contribution is 6.35. The van der Waals surface area contributed by atoms with Crippen molar-refractivity contribution in [3.63, 3.8) is 0 Å². The van der Waals surface area contributed by atoms with E-state index in [1.54, 1.807) is 12.1 Å². The lowest BCUT2D eigenvalue weighted by Crippen LogP contribution is -2.58. The van der Waals surface area contributed by atoms with Crippen LogP contribution in [0.15, 0.2) is 18.2 Å². The molecule has 1 aromatic carbocycles. The molecule has 9 heteroatoms. The predicted octanol–water partition coefficient (Wildman–Crippen LogP) is 1.26. The lowest BCUT2D eigenvalue weighted by Gasteiger charge is -2.34. The fraction of sp³-hybridized carbons (Fsp3) is 0.400. The average molecular weight is 375 g/mol. The first kappa shape index (κ1) is 18.4. The van der Waals surface area contributed by atoms with Crippen LogP contribution in [0, 0.1) is 0 Å². The lowest BCUT2D eigenvalue weighted by atomic mass is 10.1. The van der Waals surface area contributed by atoms with Crippen molar-refractivity contribution in [1.82, 2.24) is 10.2 Å². The first-order chi connectivity index (χ1) is 11.4. The van der Waals surface area contributed by atoms with Crippen LogP contribution in [0.3, 0.4) is 0 Å². The predicted molar refractivity (Wildman–Crippen MR) is 87.1 cm³/mol. The van der Waals surface area contributed by atoms with Crippen LogP contribution in [0.25, 0.3) is 0 Å². The van der Waals surface area contributed by atoms with Crippen molar-refractivity contribution in [1.29, 1.82) is 0 Å². The maximum atomic E-state index is 12.4. The molecule has 0 aromatic heterocycles. The second-order valence-corrected chi connectivity index (χ2v) is 5.88. The molecule has 2 amide bonds. The van der Waals surface area contributed by atoms with Gasteiger partial charge in [-0.15, -0.1) is 0 Å². The van der Waals surface area contributed by atoms with E-state index in [-0.39, 0.29) is 24.6 Å². The molecule has 1 unspecified atom stereocenters. The number of rotatable bonds is 5. The van der Waals surface area contributed by atoms with Gasteiger partial charge >= 0.3 is 5.97 Å². The number of amides is 2. The Hall–Kier alpha value is -1.99. The van der Waals surface area contributed by atoms with Gasteiger partial charge in [-0.1, -0.05) is 23.2 Å².